The predicted molar refractivity (Wildman–Crippen MR) is 113 cm³/mol. The van der Waals surface area contributed by atoms with E-state index in [0.717, 1.165) is 55.3 Å². The van der Waals surface area contributed by atoms with Gasteiger partial charge in [-0.15, -0.1) is 0 Å². The fourth-order valence-electron chi connectivity index (χ4n) is 4.12. The van der Waals surface area contributed by atoms with Crippen molar-refractivity contribution in [3.8, 4) is 5.82 Å². The van der Waals surface area contributed by atoms with Crippen LogP contribution in [0.5, 0.6) is 0 Å². The van der Waals surface area contributed by atoms with Gasteiger partial charge in [-0.05, 0) is 73.7 Å². The van der Waals surface area contributed by atoms with E-state index in [9.17, 15) is 5.11 Å². The highest BCUT2D eigenvalue weighted by Crippen LogP contribution is 2.36. The van der Waals surface area contributed by atoms with E-state index in [2.05, 4.69) is 38.8 Å². The predicted octanol–water partition coefficient (Wildman–Crippen LogP) is 4.34. The van der Waals surface area contributed by atoms with Gasteiger partial charge in [0.25, 0.3) is 0 Å². The van der Waals surface area contributed by atoms with Crippen molar-refractivity contribution in [2.75, 3.05) is 19.7 Å². The standard InChI is InChI=1S/C23H26ClN3O/c24-21-8-2-1-6-19(21)16-23(18-28)10-14-26(15-11-23)17-20-7-5-13-27(20)22-9-3-4-12-25-22/h1-9,12-13,28H,10-11,14-18H2. The molecule has 0 amide bonds. The van der Waals surface area contributed by atoms with Gasteiger partial charge in [0, 0.05) is 36.3 Å². The van der Waals surface area contributed by atoms with Gasteiger partial charge in [-0.25, -0.2) is 4.98 Å². The first-order chi connectivity index (χ1) is 13.7. The van der Waals surface area contributed by atoms with Crippen molar-refractivity contribution in [2.24, 2.45) is 5.41 Å². The highest BCUT2D eigenvalue weighted by Gasteiger charge is 2.34. The summed E-state index contributed by atoms with van der Waals surface area (Å²) in [6.07, 6.45) is 6.67. The lowest BCUT2D eigenvalue weighted by molar-refractivity contribution is 0.0408. The molecule has 0 unspecified atom stereocenters. The second-order valence-corrected chi connectivity index (χ2v) is 8.17. The van der Waals surface area contributed by atoms with Crippen LogP contribution in [0.25, 0.3) is 5.82 Å². The van der Waals surface area contributed by atoms with Crippen LogP contribution in [0.4, 0.5) is 0 Å². The normalized spacial score (nSPS) is 16.9. The Kier molecular flexibility index (Phi) is 5.81. The molecule has 4 rings (SSSR count). The summed E-state index contributed by atoms with van der Waals surface area (Å²) in [5.74, 6) is 0.947. The molecule has 0 bridgehead atoms. The van der Waals surface area contributed by atoms with Crippen molar-refractivity contribution in [1.82, 2.24) is 14.5 Å². The van der Waals surface area contributed by atoms with E-state index in [0.29, 0.717) is 0 Å². The molecule has 1 aliphatic rings. The number of pyridine rings is 1. The Morgan fingerprint density at radius 1 is 1.00 bits per heavy atom. The molecule has 0 spiro atoms. The van der Waals surface area contributed by atoms with Crippen LogP contribution in [-0.4, -0.2) is 39.3 Å². The first kappa shape index (κ1) is 19.2. The smallest absolute Gasteiger partial charge is 0.136 e. The van der Waals surface area contributed by atoms with E-state index in [1.807, 2.05) is 42.6 Å². The van der Waals surface area contributed by atoms with Gasteiger partial charge in [0.05, 0.1) is 0 Å². The Morgan fingerprint density at radius 2 is 1.79 bits per heavy atom. The first-order valence-corrected chi connectivity index (χ1v) is 10.2. The summed E-state index contributed by atoms with van der Waals surface area (Å²) < 4.78 is 2.15. The molecule has 0 atom stereocenters. The monoisotopic (exact) mass is 395 g/mol. The fourth-order valence-corrected chi connectivity index (χ4v) is 4.32. The van der Waals surface area contributed by atoms with E-state index in [1.54, 1.807) is 0 Å². The van der Waals surface area contributed by atoms with Crippen molar-refractivity contribution < 1.29 is 5.11 Å². The van der Waals surface area contributed by atoms with Crippen LogP contribution >= 0.6 is 11.6 Å². The highest BCUT2D eigenvalue weighted by atomic mass is 35.5. The molecule has 146 valence electrons. The molecular formula is C23H26ClN3O. The Morgan fingerprint density at radius 3 is 2.50 bits per heavy atom. The summed E-state index contributed by atoms with van der Waals surface area (Å²) in [6.45, 7) is 3.03. The van der Waals surface area contributed by atoms with Crippen molar-refractivity contribution >= 4 is 11.6 Å². The second kappa shape index (κ2) is 8.48. The molecule has 0 saturated carbocycles. The maximum absolute atomic E-state index is 10.2. The first-order valence-electron chi connectivity index (χ1n) is 9.83. The number of rotatable bonds is 6. The maximum Gasteiger partial charge on any atom is 0.136 e. The zero-order valence-corrected chi connectivity index (χ0v) is 16.7. The zero-order valence-electron chi connectivity index (χ0n) is 16.0. The number of hydrogen-bond donors (Lipinski definition) is 1. The lowest BCUT2D eigenvalue weighted by Crippen LogP contribution is -2.43. The van der Waals surface area contributed by atoms with Crippen LogP contribution in [0.1, 0.15) is 24.1 Å². The summed E-state index contributed by atoms with van der Waals surface area (Å²) in [6, 6.07) is 18.2. The number of hydrogen-bond acceptors (Lipinski definition) is 3. The zero-order chi connectivity index (χ0) is 19.4. The average molecular weight is 396 g/mol. The van der Waals surface area contributed by atoms with E-state index in [1.165, 1.54) is 5.69 Å². The minimum absolute atomic E-state index is 0.0789. The van der Waals surface area contributed by atoms with Crippen molar-refractivity contribution in [3.05, 3.63) is 83.3 Å². The molecule has 28 heavy (non-hydrogen) atoms. The molecule has 1 saturated heterocycles. The van der Waals surface area contributed by atoms with Crippen LogP contribution in [0.2, 0.25) is 5.02 Å². The second-order valence-electron chi connectivity index (χ2n) is 7.76. The Bertz CT molecular complexity index is 901. The number of aromatic nitrogens is 2. The number of piperidine rings is 1. The Labute approximate surface area is 171 Å². The van der Waals surface area contributed by atoms with E-state index < -0.39 is 0 Å². The number of likely N-dealkylation sites (tertiary alicyclic amines) is 1. The maximum atomic E-state index is 10.2. The molecular weight excluding hydrogens is 370 g/mol. The van der Waals surface area contributed by atoms with Gasteiger partial charge < -0.3 is 9.67 Å². The van der Waals surface area contributed by atoms with Crippen LogP contribution in [0, 0.1) is 5.41 Å². The number of aliphatic hydroxyl groups excluding tert-OH is 1. The molecule has 3 heterocycles. The summed E-state index contributed by atoms with van der Waals surface area (Å²) in [5.41, 5.74) is 2.29. The summed E-state index contributed by atoms with van der Waals surface area (Å²) in [7, 11) is 0. The number of benzene rings is 1. The van der Waals surface area contributed by atoms with Crippen molar-refractivity contribution in [2.45, 2.75) is 25.8 Å². The van der Waals surface area contributed by atoms with Gasteiger partial charge in [-0.1, -0.05) is 35.9 Å². The molecule has 0 aliphatic carbocycles. The molecule has 2 aromatic heterocycles. The third-order valence-corrected chi connectivity index (χ3v) is 6.26. The van der Waals surface area contributed by atoms with Crippen molar-refractivity contribution in [1.29, 1.82) is 0 Å². The number of halogens is 1. The van der Waals surface area contributed by atoms with Gasteiger partial charge in [0.15, 0.2) is 0 Å². The Balaban J connectivity index is 1.42. The van der Waals surface area contributed by atoms with Gasteiger partial charge in [-0.3, -0.25) is 4.90 Å². The number of aliphatic hydroxyl groups is 1. The largest absolute Gasteiger partial charge is 0.396 e. The SMILES string of the molecule is OCC1(Cc2ccccc2Cl)CCN(Cc2cccn2-c2ccccn2)CC1. The Hall–Kier alpha value is -2.14. The van der Waals surface area contributed by atoms with Crippen LogP contribution in [0.3, 0.4) is 0 Å². The molecule has 0 radical (unpaired) electrons. The molecule has 1 aliphatic heterocycles. The lowest BCUT2D eigenvalue weighted by atomic mass is 9.74. The highest BCUT2D eigenvalue weighted by molar-refractivity contribution is 6.31. The minimum atomic E-state index is -0.0789. The molecule has 4 nitrogen and oxygen atoms in total. The van der Waals surface area contributed by atoms with Gasteiger partial charge in [-0.2, -0.15) is 0 Å². The van der Waals surface area contributed by atoms with Gasteiger partial charge in [0.2, 0.25) is 0 Å². The van der Waals surface area contributed by atoms with Crippen LogP contribution < -0.4 is 0 Å². The molecule has 5 heteroatoms. The third-order valence-electron chi connectivity index (χ3n) is 5.89. The fraction of sp³-hybridized carbons (Fsp3) is 0.348. The van der Waals surface area contributed by atoms with E-state index >= 15 is 0 Å². The van der Waals surface area contributed by atoms with Crippen LogP contribution in [-0.2, 0) is 13.0 Å². The summed E-state index contributed by atoms with van der Waals surface area (Å²) in [5, 5.41) is 11.0. The average Bonchev–Trinajstić information content (AvgIpc) is 3.20. The molecule has 1 aromatic carbocycles. The minimum Gasteiger partial charge on any atom is -0.396 e. The van der Waals surface area contributed by atoms with Crippen molar-refractivity contribution in [3.63, 3.8) is 0 Å². The van der Waals surface area contributed by atoms with E-state index in [-0.39, 0.29) is 12.0 Å². The van der Waals surface area contributed by atoms with Gasteiger partial charge >= 0.3 is 0 Å². The summed E-state index contributed by atoms with van der Waals surface area (Å²) in [4.78, 5) is 6.93. The topological polar surface area (TPSA) is 41.3 Å². The van der Waals surface area contributed by atoms with Gasteiger partial charge in [0.1, 0.15) is 5.82 Å². The lowest BCUT2D eigenvalue weighted by Gasteiger charge is -2.41. The number of nitrogens with zero attached hydrogens (tertiary/aromatic N) is 3. The molecule has 3 aromatic rings. The third kappa shape index (κ3) is 4.14. The summed E-state index contributed by atoms with van der Waals surface area (Å²) >= 11 is 6.36. The van der Waals surface area contributed by atoms with Crippen LogP contribution in [0.15, 0.2) is 67.0 Å². The molecule has 1 fully saturated rings. The molecule has 1 N–H and O–H groups in total. The van der Waals surface area contributed by atoms with E-state index in [4.69, 9.17) is 11.6 Å². The quantitative estimate of drug-likeness (QED) is 0.674.